The molecule has 1 unspecified atom stereocenters. The molecule has 0 bridgehead atoms. The predicted molar refractivity (Wildman–Crippen MR) is 58.9 cm³/mol. The SMILES string of the molecule is COCCC(C)n1nnc(CCN)c1C(F)F. The van der Waals surface area contributed by atoms with E-state index in [0.29, 0.717) is 19.4 Å². The number of rotatable bonds is 7. The number of methoxy groups -OCH3 is 1. The second-order valence-corrected chi connectivity index (χ2v) is 3.84. The summed E-state index contributed by atoms with van der Waals surface area (Å²) in [7, 11) is 1.57. The van der Waals surface area contributed by atoms with Gasteiger partial charge in [-0.3, -0.25) is 0 Å². The third-order valence-electron chi connectivity index (χ3n) is 2.55. The van der Waals surface area contributed by atoms with Crippen LogP contribution in [0.2, 0.25) is 0 Å². The van der Waals surface area contributed by atoms with E-state index in [9.17, 15) is 8.78 Å². The van der Waals surface area contributed by atoms with Crippen molar-refractivity contribution in [1.82, 2.24) is 15.0 Å². The Morgan fingerprint density at radius 3 is 2.71 bits per heavy atom. The summed E-state index contributed by atoms with van der Waals surface area (Å²) in [6.45, 7) is 2.59. The van der Waals surface area contributed by atoms with Gasteiger partial charge in [0.2, 0.25) is 0 Å². The van der Waals surface area contributed by atoms with Gasteiger partial charge in [0.1, 0.15) is 5.69 Å². The second-order valence-electron chi connectivity index (χ2n) is 3.84. The first-order valence-electron chi connectivity index (χ1n) is 5.52. The van der Waals surface area contributed by atoms with Crippen molar-refractivity contribution in [2.24, 2.45) is 5.73 Å². The molecule has 0 amide bonds. The van der Waals surface area contributed by atoms with Gasteiger partial charge in [-0.15, -0.1) is 5.10 Å². The highest BCUT2D eigenvalue weighted by Gasteiger charge is 2.23. The normalized spacial score (nSPS) is 13.3. The van der Waals surface area contributed by atoms with Crippen LogP contribution in [-0.2, 0) is 11.2 Å². The number of aromatic nitrogens is 3. The summed E-state index contributed by atoms with van der Waals surface area (Å²) in [5, 5.41) is 7.55. The van der Waals surface area contributed by atoms with E-state index in [1.165, 1.54) is 4.68 Å². The van der Waals surface area contributed by atoms with Crippen molar-refractivity contribution in [2.45, 2.75) is 32.2 Å². The fraction of sp³-hybridized carbons (Fsp3) is 0.800. The lowest BCUT2D eigenvalue weighted by Crippen LogP contribution is -2.14. The molecule has 1 aromatic rings. The number of halogens is 2. The fourth-order valence-corrected chi connectivity index (χ4v) is 1.61. The zero-order valence-electron chi connectivity index (χ0n) is 10.1. The van der Waals surface area contributed by atoms with Gasteiger partial charge < -0.3 is 10.5 Å². The van der Waals surface area contributed by atoms with Gasteiger partial charge in [-0.05, 0) is 19.9 Å². The van der Waals surface area contributed by atoms with Gasteiger partial charge >= 0.3 is 0 Å². The van der Waals surface area contributed by atoms with Crippen LogP contribution in [0.3, 0.4) is 0 Å². The summed E-state index contributed by atoms with van der Waals surface area (Å²) < 4.78 is 32.1. The molecule has 17 heavy (non-hydrogen) atoms. The lowest BCUT2D eigenvalue weighted by atomic mass is 10.2. The van der Waals surface area contributed by atoms with Crippen LogP contribution in [0.4, 0.5) is 8.78 Å². The predicted octanol–water partition coefficient (Wildman–Crippen LogP) is 1.31. The molecule has 1 aromatic heterocycles. The molecule has 0 saturated carbocycles. The third kappa shape index (κ3) is 3.44. The maximum absolute atomic E-state index is 13.0. The van der Waals surface area contributed by atoms with Crippen molar-refractivity contribution in [3.05, 3.63) is 11.4 Å². The summed E-state index contributed by atoms with van der Waals surface area (Å²) in [5.74, 6) is 0. The highest BCUT2D eigenvalue weighted by Crippen LogP contribution is 2.25. The van der Waals surface area contributed by atoms with Gasteiger partial charge in [-0.2, -0.15) is 0 Å². The zero-order chi connectivity index (χ0) is 12.8. The van der Waals surface area contributed by atoms with Gasteiger partial charge in [-0.1, -0.05) is 5.21 Å². The second kappa shape index (κ2) is 6.61. The number of nitrogens with two attached hydrogens (primary N) is 1. The molecule has 0 aliphatic rings. The first kappa shape index (κ1) is 14.0. The Morgan fingerprint density at radius 1 is 1.47 bits per heavy atom. The maximum atomic E-state index is 13.0. The average Bonchev–Trinajstić information content (AvgIpc) is 2.70. The van der Waals surface area contributed by atoms with E-state index in [2.05, 4.69) is 10.3 Å². The Balaban J connectivity index is 2.90. The summed E-state index contributed by atoms with van der Waals surface area (Å²) in [6, 6.07) is -0.169. The standard InChI is InChI=1S/C10H18F2N4O/c1-7(4-6-17-2)16-9(10(11)12)8(3-5-13)14-15-16/h7,10H,3-6,13H2,1-2H3. The molecule has 7 heteroatoms. The van der Waals surface area contributed by atoms with Gasteiger partial charge in [-0.25, -0.2) is 13.5 Å². The molecule has 0 aliphatic heterocycles. The summed E-state index contributed by atoms with van der Waals surface area (Å²) >= 11 is 0. The van der Waals surface area contributed by atoms with Crippen LogP contribution in [0, 0.1) is 0 Å². The Morgan fingerprint density at radius 2 is 2.18 bits per heavy atom. The first-order valence-corrected chi connectivity index (χ1v) is 5.52. The molecular weight excluding hydrogens is 230 g/mol. The zero-order valence-corrected chi connectivity index (χ0v) is 10.1. The molecule has 0 spiro atoms. The van der Waals surface area contributed by atoms with E-state index < -0.39 is 6.43 Å². The van der Waals surface area contributed by atoms with E-state index in [0.717, 1.165) is 0 Å². The van der Waals surface area contributed by atoms with Crippen LogP contribution < -0.4 is 5.73 Å². The molecule has 5 nitrogen and oxygen atoms in total. The van der Waals surface area contributed by atoms with Crippen LogP contribution in [0.15, 0.2) is 0 Å². The molecule has 1 rings (SSSR count). The molecule has 1 atom stereocenters. The minimum atomic E-state index is -2.59. The molecule has 98 valence electrons. The molecule has 0 aliphatic carbocycles. The fourth-order valence-electron chi connectivity index (χ4n) is 1.61. The van der Waals surface area contributed by atoms with Gasteiger partial charge in [0.15, 0.2) is 0 Å². The van der Waals surface area contributed by atoms with E-state index in [1.807, 2.05) is 6.92 Å². The van der Waals surface area contributed by atoms with Crippen LogP contribution in [0.5, 0.6) is 0 Å². The van der Waals surface area contributed by atoms with E-state index in [-0.39, 0.29) is 24.0 Å². The summed E-state index contributed by atoms with van der Waals surface area (Å²) in [4.78, 5) is 0. The van der Waals surface area contributed by atoms with Crippen LogP contribution in [0.1, 0.15) is 37.2 Å². The number of nitrogens with zero attached hydrogens (tertiary/aromatic N) is 3. The lowest BCUT2D eigenvalue weighted by Gasteiger charge is -2.14. The van der Waals surface area contributed by atoms with Crippen molar-refractivity contribution in [3.8, 4) is 0 Å². The number of ether oxygens (including phenoxy) is 1. The minimum Gasteiger partial charge on any atom is -0.385 e. The topological polar surface area (TPSA) is 66.0 Å². The number of hydrogen-bond donors (Lipinski definition) is 1. The third-order valence-corrected chi connectivity index (χ3v) is 2.55. The maximum Gasteiger partial charge on any atom is 0.281 e. The van der Waals surface area contributed by atoms with Crippen LogP contribution in [0.25, 0.3) is 0 Å². The Bertz CT molecular complexity index is 343. The number of alkyl halides is 2. The van der Waals surface area contributed by atoms with Gasteiger partial charge in [0.05, 0.1) is 11.7 Å². The van der Waals surface area contributed by atoms with Crippen LogP contribution in [-0.4, -0.2) is 35.3 Å². The smallest absolute Gasteiger partial charge is 0.281 e. The van der Waals surface area contributed by atoms with Crippen molar-refractivity contribution in [2.75, 3.05) is 20.3 Å². The highest BCUT2D eigenvalue weighted by molar-refractivity contribution is 5.12. The summed E-state index contributed by atoms with van der Waals surface area (Å²) in [6.07, 6.45) is -1.66. The summed E-state index contributed by atoms with van der Waals surface area (Å²) in [5.41, 5.74) is 5.51. The quantitative estimate of drug-likeness (QED) is 0.790. The Kier molecular flexibility index (Phi) is 5.43. The average molecular weight is 248 g/mol. The Labute approximate surface area is 98.9 Å². The van der Waals surface area contributed by atoms with Gasteiger partial charge in [0.25, 0.3) is 6.43 Å². The van der Waals surface area contributed by atoms with Crippen molar-refractivity contribution in [1.29, 1.82) is 0 Å². The molecule has 1 heterocycles. The molecule has 0 fully saturated rings. The van der Waals surface area contributed by atoms with E-state index in [4.69, 9.17) is 10.5 Å². The molecule has 0 radical (unpaired) electrons. The molecule has 0 aromatic carbocycles. The van der Waals surface area contributed by atoms with E-state index >= 15 is 0 Å². The van der Waals surface area contributed by atoms with Crippen molar-refractivity contribution in [3.63, 3.8) is 0 Å². The Hall–Kier alpha value is -1.08. The van der Waals surface area contributed by atoms with Crippen molar-refractivity contribution >= 4 is 0 Å². The van der Waals surface area contributed by atoms with Gasteiger partial charge in [0, 0.05) is 20.1 Å². The monoisotopic (exact) mass is 248 g/mol. The van der Waals surface area contributed by atoms with E-state index in [1.54, 1.807) is 7.11 Å². The first-order chi connectivity index (χ1) is 8.11. The van der Waals surface area contributed by atoms with Crippen LogP contribution >= 0.6 is 0 Å². The molecule has 2 N–H and O–H groups in total. The molecular formula is C10H18F2N4O. The van der Waals surface area contributed by atoms with Crippen molar-refractivity contribution < 1.29 is 13.5 Å². The molecule has 0 saturated heterocycles. The minimum absolute atomic E-state index is 0.126. The number of hydrogen-bond acceptors (Lipinski definition) is 4. The highest BCUT2D eigenvalue weighted by atomic mass is 19.3. The lowest BCUT2D eigenvalue weighted by molar-refractivity contribution is 0.130. The largest absolute Gasteiger partial charge is 0.385 e.